The molecule has 0 aromatic heterocycles. The predicted octanol–water partition coefficient (Wildman–Crippen LogP) is 1.22. The molecule has 0 spiro atoms. The summed E-state index contributed by atoms with van der Waals surface area (Å²) in [5.74, 6) is 0. The van der Waals surface area contributed by atoms with Gasteiger partial charge in [-0.05, 0) is 26.7 Å². The molecule has 2 N–H and O–H groups in total. The Balaban J connectivity index is 2.20. The molecule has 0 bridgehead atoms. The number of rotatable bonds is 3. The van der Waals surface area contributed by atoms with Crippen molar-refractivity contribution in [2.75, 3.05) is 0 Å². The highest BCUT2D eigenvalue weighted by Crippen LogP contribution is 2.18. The Hall–Kier alpha value is -0.120. The van der Waals surface area contributed by atoms with Gasteiger partial charge in [-0.2, -0.15) is 5.48 Å². The molecule has 1 rings (SSSR count). The van der Waals surface area contributed by atoms with Gasteiger partial charge in [-0.1, -0.05) is 12.8 Å². The average molecular weight is 173 g/mol. The molecule has 3 nitrogen and oxygen atoms in total. The number of hydroxylamine groups is 1. The minimum absolute atomic E-state index is 0.140. The summed E-state index contributed by atoms with van der Waals surface area (Å²) < 4.78 is 0. The number of hydrogen-bond acceptors (Lipinski definition) is 3. The number of hydrogen-bond donors (Lipinski definition) is 2. The van der Waals surface area contributed by atoms with Gasteiger partial charge in [0.15, 0.2) is 0 Å². The first kappa shape index (κ1) is 9.96. The van der Waals surface area contributed by atoms with Crippen LogP contribution in [0.15, 0.2) is 0 Å². The van der Waals surface area contributed by atoms with Crippen molar-refractivity contribution in [3.05, 3.63) is 0 Å². The van der Waals surface area contributed by atoms with Gasteiger partial charge in [0.25, 0.3) is 0 Å². The van der Waals surface area contributed by atoms with Crippen LogP contribution in [0.1, 0.15) is 39.5 Å². The van der Waals surface area contributed by atoms with Crippen LogP contribution in [0.4, 0.5) is 0 Å². The third-order valence-corrected chi connectivity index (χ3v) is 2.18. The molecule has 0 heterocycles. The Kier molecular flexibility index (Phi) is 3.98. The van der Waals surface area contributed by atoms with E-state index >= 15 is 0 Å². The van der Waals surface area contributed by atoms with Gasteiger partial charge in [-0.15, -0.1) is 0 Å². The van der Waals surface area contributed by atoms with Crippen LogP contribution in [0.2, 0.25) is 0 Å². The van der Waals surface area contributed by atoms with Gasteiger partial charge in [0.05, 0.1) is 18.2 Å². The third kappa shape index (κ3) is 3.09. The third-order valence-electron chi connectivity index (χ3n) is 2.18. The van der Waals surface area contributed by atoms with Crippen LogP contribution in [0, 0.1) is 0 Å². The molecule has 1 aliphatic rings. The molecule has 2 atom stereocenters. The molecule has 3 heteroatoms. The number of aliphatic hydroxyl groups is 1. The molecule has 0 unspecified atom stereocenters. The minimum atomic E-state index is -0.225. The maximum atomic E-state index is 9.54. The first-order valence-corrected chi connectivity index (χ1v) is 4.79. The molecule has 0 saturated heterocycles. The van der Waals surface area contributed by atoms with Gasteiger partial charge in [-0.3, -0.25) is 4.84 Å². The highest BCUT2D eigenvalue weighted by atomic mass is 16.7. The summed E-state index contributed by atoms with van der Waals surface area (Å²) in [5.41, 5.74) is 2.92. The summed E-state index contributed by atoms with van der Waals surface area (Å²) in [7, 11) is 0. The van der Waals surface area contributed by atoms with Gasteiger partial charge in [0.1, 0.15) is 0 Å². The van der Waals surface area contributed by atoms with E-state index in [0.29, 0.717) is 0 Å². The van der Waals surface area contributed by atoms with Crippen molar-refractivity contribution in [2.45, 2.75) is 57.8 Å². The van der Waals surface area contributed by atoms with Crippen molar-refractivity contribution in [2.24, 2.45) is 0 Å². The van der Waals surface area contributed by atoms with Gasteiger partial charge < -0.3 is 5.11 Å². The first-order valence-electron chi connectivity index (χ1n) is 4.79. The lowest BCUT2D eigenvalue weighted by atomic mass is 9.93. The van der Waals surface area contributed by atoms with E-state index in [-0.39, 0.29) is 18.2 Å². The summed E-state index contributed by atoms with van der Waals surface area (Å²) in [6, 6.07) is 0.140. The summed E-state index contributed by atoms with van der Waals surface area (Å²) in [5, 5.41) is 9.54. The first-order chi connectivity index (χ1) is 5.70. The van der Waals surface area contributed by atoms with Crippen molar-refractivity contribution < 1.29 is 9.94 Å². The lowest BCUT2D eigenvalue weighted by molar-refractivity contribution is -0.0638. The second-order valence-corrected chi connectivity index (χ2v) is 3.74. The van der Waals surface area contributed by atoms with Gasteiger partial charge in [-0.25, -0.2) is 0 Å². The summed E-state index contributed by atoms with van der Waals surface area (Å²) >= 11 is 0. The second-order valence-electron chi connectivity index (χ2n) is 3.74. The van der Waals surface area contributed by atoms with E-state index in [9.17, 15) is 5.11 Å². The zero-order valence-corrected chi connectivity index (χ0v) is 7.92. The molecule has 1 aliphatic carbocycles. The van der Waals surface area contributed by atoms with E-state index in [1.165, 1.54) is 6.42 Å². The zero-order valence-electron chi connectivity index (χ0n) is 7.92. The van der Waals surface area contributed by atoms with E-state index in [4.69, 9.17) is 4.84 Å². The van der Waals surface area contributed by atoms with E-state index < -0.39 is 0 Å². The Morgan fingerprint density at radius 1 is 1.33 bits per heavy atom. The van der Waals surface area contributed by atoms with Crippen LogP contribution in [0.5, 0.6) is 0 Å². The van der Waals surface area contributed by atoms with Gasteiger partial charge in [0.2, 0.25) is 0 Å². The molecule has 0 aliphatic heterocycles. The number of nitrogens with one attached hydrogen (secondary N) is 1. The van der Waals surface area contributed by atoms with Crippen LogP contribution < -0.4 is 5.48 Å². The van der Waals surface area contributed by atoms with Crippen molar-refractivity contribution in [1.29, 1.82) is 0 Å². The minimum Gasteiger partial charge on any atom is -0.391 e. The molecule has 0 radical (unpaired) electrons. The Morgan fingerprint density at radius 3 is 2.58 bits per heavy atom. The number of aliphatic hydroxyl groups excluding tert-OH is 1. The van der Waals surface area contributed by atoms with Crippen molar-refractivity contribution in [3.63, 3.8) is 0 Å². The SMILES string of the molecule is CC(C)ON[C@@H]1CCCC[C@H]1O. The summed E-state index contributed by atoms with van der Waals surface area (Å²) in [6.07, 6.45) is 4.21. The predicted molar refractivity (Wildman–Crippen MR) is 47.6 cm³/mol. The molecule has 1 fully saturated rings. The topological polar surface area (TPSA) is 41.5 Å². The Morgan fingerprint density at radius 2 is 2.00 bits per heavy atom. The van der Waals surface area contributed by atoms with Crippen LogP contribution in [-0.2, 0) is 4.84 Å². The second kappa shape index (κ2) is 4.80. The van der Waals surface area contributed by atoms with Crippen molar-refractivity contribution in [3.8, 4) is 0 Å². The lowest BCUT2D eigenvalue weighted by Crippen LogP contribution is -2.42. The fraction of sp³-hybridized carbons (Fsp3) is 1.00. The normalized spacial score (nSPS) is 31.0. The van der Waals surface area contributed by atoms with Crippen LogP contribution in [0.25, 0.3) is 0 Å². The molecule has 12 heavy (non-hydrogen) atoms. The van der Waals surface area contributed by atoms with Crippen molar-refractivity contribution in [1.82, 2.24) is 5.48 Å². The molecule has 0 aromatic carbocycles. The van der Waals surface area contributed by atoms with Crippen LogP contribution >= 0.6 is 0 Å². The average Bonchev–Trinajstić information content (AvgIpc) is 2.03. The summed E-state index contributed by atoms with van der Waals surface area (Å²) in [4.78, 5) is 5.24. The highest BCUT2D eigenvalue weighted by molar-refractivity contribution is 4.77. The molecule has 0 amide bonds. The van der Waals surface area contributed by atoms with E-state index in [2.05, 4.69) is 5.48 Å². The molecule has 72 valence electrons. The summed E-state index contributed by atoms with van der Waals surface area (Å²) in [6.45, 7) is 3.95. The standard InChI is InChI=1S/C9H19NO2/c1-7(2)12-10-8-5-3-4-6-9(8)11/h7-11H,3-6H2,1-2H3/t8-,9-/m1/s1. The molecular weight excluding hydrogens is 154 g/mol. The van der Waals surface area contributed by atoms with Gasteiger partial charge >= 0.3 is 0 Å². The van der Waals surface area contributed by atoms with Gasteiger partial charge in [0, 0.05) is 0 Å². The lowest BCUT2D eigenvalue weighted by Gasteiger charge is -2.28. The molecular formula is C9H19NO2. The maximum absolute atomic E-state index is 9.54. The monoisotopic (exact) mass is 173 g/mol. The van der Waals surface area contributed by atoms with E-state index in [1.54, 1.807) is 0 Å². The Bertz CT molecular complexity index is 128. The van der Waals surface area contributed by atoms with Crippen molar-refractivity contribution >= 4 is 0 Å². The van der Waals surface area contributed by atoms with Crippen LogP contribution in [-0.4, -0.2) is 23.4 Å². The Labute approximate surface area is 74.1 Å². The fourth-order valence-corrected chi connectivity index (χ4v) is 1.47. The molecule has 1 saturated carbocycles. The van der Waals surface area contributed by atoms with Crippen LogP contribution in [0.3, 0.4) is 0 Å². The maximum Gasteiger partial charge on any atom is 0.0734 e. The largest absolute Gasteiger partial charge is 0.391 e. The zero-order chi connectivity index (χ0) is 8.97. The fourth-order valence-electron chi connectivity index (χ4n) is 1.47. The highest BCUT2D eigenvalue weighted by Gasteiger charge is 2.22. The smallest absolute Gasteiger partial charge is 0.0734 e. The molecule has 0 aromatic rings. The quantitative estimate of drug-likeness (QED) is 0.630. The van der Waals surface area contributed by atoms with E-state index in [0.717, 1.165) is 19.3 Å². The van der Waals surface area contributed by atoms with E-state index in [1.807, 2.05) is 13.8 Å².